The van der Waals surface area contributed by atoms with Crippen molar-refractivity contribution in [2.24, 2.45) is 5.73 Å². The number of hydrogen-bond acceptors (Lipinski definition) is 3. The van der Waals surface area contributed by atoms with Gasteiger partial charge in [-0.3, -0.25) is 5.41 Å². The molecule has 0 radical (unpaired) electrons. The van der Waals surface area contributed by atoms with Crippen LogP contribution in [0.15, 0.2) is 46.5 Å². The van der Waals surface area contributed by atoms with Crippen LogP contribution in [-0.2, 0) is 0 Å². The van der Waals surface area contributed by atoms with Crippen LogP contribution in [0, 0.1) is 12.3 Å². The van der Waals surface area contributed by atoms with Crippen LogP contribution in [0.3, 0.4) is 0 Å². The summed E-state index contributed by atoms with van der Waals surface area (Å²) < 4.78 is 0. The Labute approximate surface area is 115 Å². The molecule has 0 saturated heterocycles. The Morgan fingerprint density at radius 2 is 2.11 bits per heavy atom. The molecular weight excluding hydrogens is 266 g/mol. The molecule has 1 heterocycles. The molecule has 0 aliphatic heterocycles. The first kappa shape index (κ1) is 12.9. The van der Waals surface area contributed by atoms with Crippen LogP contribution >= 0.6 is 23.4 Å². The molecule has 2 rings (SSSR count). The van der Waals surface area contributed by atoms with E-state index in [0.717, 1.165) is 15.5 Å². The second-order valence-corrected chi connectivity index (χ2v) is 5.16. The van der Waals surface area contributed by atoms with Gasteiger partial charge in [-0.05, 0) is 24.6 Å². The minimum absolute atomic E-state index is 0.0493. The van der Waals surface area contributed by atoms with E-state index in [0.29, 0.717) is 10.6 Å². The normalized spacial score (nSPS) is 10.3. The highest BCUT2D eigenvalue weighted by atomic mass is 35.5. The summed E-state index contributed by atoms with van der Waals surface area (Å²) in [6.45, 7) is 1.98. The third-order valence-corrected chi connectivity index (χ3v) is 4.11. The van der Waals surface area contributed by atoms with E-state index in [-0.39, 0.29) is 5.84 Å². The molecule has 0 amide bonds. The van der Waals surface area contributed by atoms with E-state index in [2.05, 4.69) is 4.98 Å². The van der Waals surface area contributed by atoms with Crippen molar-refractivity contribution < 1.29 is 0 Å². The maximum absolute atomic E-state index is 7.60. The molecular formula is C13H12ClN3S. The monoisotopic (exact) mass is 277 g/mol. The van der Waals surface area contributed by atoms with Crippen molar-refractivity contribution >= 4 is 29.2 Å². The lowest BCUT2D eigenvalue weighted by molar-refractivity contribution is 1.13. The summed E-state index contributed by atoms with van der Waals surface area (Å²) in [5.41, 5.74) is 7.35. The van der Waals surface area contributed by atoms with Gasteiger partial charge in [0.1, 0.15) is 10.9 Å². The molecule has 0 spiro atoms. The third kappa shape index (κ3) is 2.66. The largest absolute Gasteiger partial charge is 0.384 e. The Morgan fingerprint density at radius 3 is 2.78 bits per heavy atom. The van der Waals surface area contributed by atoms with Crippen LogP contribution in [0.25, 0.3) is 0 Å². The molecule has 0 bridgehead atoms. The van der Waals surface area contributed by atoms with E-state index in [4.69, 9.17) is 22.7 Å². The van der Waals surface area contributed by atoms with E-state index in [1.165, 1.54) is 11.8 Å². The van der Waals surface area contributed by atoms with Gasteiger partial charge in [0.15, 0.2) is 0 Å². The number of nitrogens with zero attached hydrogens (tertiary/aromatic N) is 1. The fourth-order valence-electron chi connectivity index (χ4n) is 1.54. The molecule has 3 N–H and O–H groups in total. The standard InChI is InChI=1S/C13H12ClN3S/c1-8-4-2-5-9(12(15)16)11(8)18-13-10(14)6-3-7-17-13/h2-7H,1H3,(H3,15,16). The summed E-state index contributed by atoms with van der Waals surface area (Å²) >= 11 is 7.52. The van der Waals surface area contributed by atoms with E-state index in [9.17, 15) is 0 Å². The van der Waals surface area contributed by atoms with Gasteiger partial charge in [0.2, 0.25) is 0 Å². The quantitative estimate of drug-likeness (QED) is 0.667. The van der Waals surface area contributed by atoms with Crippen molar-refractivity contribution in [2.75, 3.05) is 0 Å². The van der Waals surface area contributed by atoms with Crippen LogP contribution < -0.4 is 5.73 Å². The minimum Gasteiger partial charge on any atom is -0.384 e. The van der Waals surface area contributed by atoms with Crippen LogP contribution in [0.5, 0.6) is 0 Å². The summed E-state index contributed by atoms with van der Waals surface area (Å²) in [4.78, 5) is 5.16. The van der Waals surface area contributed by atoms with Crippen molar-refractivity contribution in [1.29, 1.82) is 5.41 Å². The van der Waals surface area contributed by atoms with Crippen molar-refractivity contribution in [3.63, 3.8) is 0 Å². The number of amidine groups is 1. The first-order valence-corrected chi connectivity index (χ1v) is 6.51. The molecule has 0 fully saturated rings. The number of hydrogen-bond donors (Lipinski definition) is 2. The Morgan fingerprint density at radius 1 is 1.33 bits per heavy atom. The van der Waals surface area contributed by atoms with Crippen LogP contribution in [0.4, 0.5) is 0 Å². The first-order chi connectivity index (χ1) is 8.59. The maximum atomic E-state index is 7.60. The summed E-state index contributed by atoms with van der Waals surface area (Å²) in [5, 5.41) is 8.92. The average molecular weight is 278 g/mol. The van der Waals surface area contributed by atoms with Gasteiger partial charge in [-0.15, -0.1) is 0 Å². The zero-order chi connectivity index (χ0) is 13.1. The van der Waals surface area contributed by atoms with Crippen molar-refractivity contribution in [3.8, 4) is 0 Å². The predicted octanol–water partition coefficient (Wildman–Crippen LogP) is 3.48. The second kappa shape index (κ2) is 5.42. The van der Waals surface area contributed by atoms with E-state index < -0.39 is 0 Å². The molecule has 0 atom stereocenters. The van der Waals surface area contributed by atoms with E-state index in [1.807, 2.05) is 25.1 Å². The lowest BCUT2D eigenvalue weighted by Crippen LogP contribution is -2.12. The predicted molar refractivity (Wildman–Crippen MR) is 75.6 cm³/mol. The summed E-state index contributed by atoms with van der Waals surface area (Å²) in [7, 11) is 0. The van der Waals surface area contributed by atoms with Gasteiger partial charge in [0.25, 0.3) is 0 Å². The Hall–Kier alpha value is -1.52. The second-order valence-electron chi connectivity index (χ2n) is 3.76. The number of nitrogen functional groups attached to an aromatic ring is 1. The average Bonchev–Trinajstić information content (AvgIpc) is 2.34. The molecule has 0 aliphatic carbocycles. The summed E-state index contributed by atoms with van der Waals surface area (Å²) in [6.07, 6.45) is 1.69. The van der Waals surface area contributed by atoms with Crippen LogP contribution in [0.2, 0.25) is 5.02 Å². The zero-order valence-electron chi connectivity index (χ0n) is 9.77. The number of nitrogens with one attached hydrogen (secondary N) is 1. The minimum atomic E-state index is 0.0493. The number of aromatic nitrogens is 1. The third-order valence-electron chi connectivity index (χ3n) is 2.43. The van der Waals surface area contributed by atoms with Crippen molar-refractivity contribution in [3.05, 3.63) is 52.7 Å². The molecule has 0 unspecified atom stereocenters. The van der Waals surface area contributed by atoms with Gasteiger partial charge in [-0.1, -0.05) is 41.6 Å². The SMILES string of the molecule is Cc1cccc(C(=N)N)c1Sc1ncccc1Cl. The molecule has 0 saturated carbocycles. The van der Waals surface area contributed by atoms with Gasteiger partial charge in [0.05, 0.1) is 5.02 Å². The maximum Gasteiger partial charge on any atom is 0.123 e. The number of nitrogens with two attached hydrogens (primary N) is 1. The Bertz CT molecular complexity index is 599. The number of halogens is 1. The highest BCUT2D eigenvalue weighted by Crippen LogP contribution is 2.35. The summed E-state index contributed by atoms with van der Waals surface area (Å²) in [6, 6.07) is 9.27. The summed E-state index contributed by atoms with van der Waals surface area (Å²) in [5.74, 6) is 0.0493. The number of pyridine rings is 1. The number of benzene rings is 1. The molecule has 0 aliphatic rings. The molecule has 1 aromatic heterocycles. The van der Waals surface area contributed by atoms with Gasteiger partial charge >= 0.3 is 0 Å². The Balaban J connectivity index is 2.46. The number of aryl methyl sites for hydroxylation is 1. The smallest absolute Gasteiger partial charge is 0.123 e. The molecule has 18 heavy (non-hydrogen) atoms. The van der Waals surface area contributed by atoms with E-state index >= 15 is 0 Å². The Kier molecular flexibility index (Phi) is 3.89. The molecule has 1 aromatic carbocycles. The van der Waals surface area contributed by atoms with Gasteiger partial charge in [-0.25, -0.2) is 4.98 Å². The fraction of sp³-hybridized carbons (Fsp3) is 0.0769. The van der Waals surface area contributed by atoms with Crippen molar-refractivity contribution in [2.45, 2.75) is 16.8 Å². The molecule has 92 valence electrons. The highest BCUT2D eigenvalue weighted by molar-refractivity contribution is 7.99. The van der Waals surface area contributed by atoms with Crippen molar-refractivity contribution in [1.82, 2.24) is 4.98 Å². The lowest BCUT2D eigenvalue weighted by atomic mass is 10.1. The first-order valence-electron chi connectivity index (χ1n) is 5.32. The lowest BCUT2D eigenvalue weighted by Gasteiger charge is -2.11. The van der Waals surface area contributed by atoms with Gasteiger partial charge in [0, 0.05) is 16.7 Å². The van der Waals surface area contributed by atoms with Gasteiger partial charge < -0.3 is 5.73 Å². The van der Waals surface area contributed by atoms with Gasteiger partial charge in [-0.2, -0.15) is 0 Å². The molecule has 5 heteroatoms. The van der Waals surface area contributed by atoms with Crippen LogP contribution in [0.1, 0.15) is 11.1 Å². The molecule has 2 aromatic rings. The number of rotatable bonds is 3. The molecule has 3 nitrogen and oxygen atoms in total. The fourth-order valence-corrected chi connectivity index (χ4v) is 2.77. The zero-order valence-corrected chi connectivity index (χ0v) is 11.3. The highest BCUT2D eigenvalue weighted by Gasteiger charge is 2.12. The van der Waals surface area contributed by atoms with Crippen LogP contribution in [-0.4, -0.2) is 10.8 Å². The topological polar surface area (TPSA) is 62.8 Å². The van der Waals surface area contributed by atoms with E-state index in [1.54, 1.807) is 18.3 Å².